The van der Waals surface area contributed by atoms with E-state index >= 15 is 0 Å². The van der Waals surface area contributed by atoms with Crippen LogP contribution in [0.15, 0.2) is 36.5 Å². The van der Waals surface area contributed by atoms with Crippen LogP contribution in [0.3, 0.4) is 0 Å². The van der Waals surface area contributed by atoms with Gasteiger partial charge in [-0.3, -0.25) is 9.59 Å². The fourth-order valence-electron chi connectivity index (χ4n) is 3.00. The Morgan fingerprint density at radius 3 is 2.52 bits per heavy atom. The van der Waals surface area contributed by atoms with Crippen LogP contribution in [0.25, 0.3) is 11.1 Å². The van der Waals surface area contributed by atoms with E-state index in [1.165, 1.54) is 12.1 Å². The van der Waals surface area contributed by atoms with Gasteiger partial charge in [0.25, 0.3) is 11.8 Å². The van der Waals surface area contributed by atoms with E-state index in [0.717, 1.165) is 16.0 Å². The minimum Gasteiger partial charge on any atom is -0.439 e. The number of hydrogen-bond acceptors (Lipinski definition) is 4. The maximum atomic E-state index is 13.0. The van der Waals surface area contributed by atoms with Crippen molar-refractivity contribution in [3.05, 3.63) is 48.0 Å². The van der Waals surface area contributed by atoms with Crippen LogP contribution >= 0.6 is 0 Å². The van der Waals surface area contributed by atoms with Gasteiger partial charge in [-0.1, -0.05) is 12.1 Å². The number of H-pyrrole nitrogens is 1. The molecule has 0 atom stereocenters. The molecule has 1 aromatic carbocycles. The van der Waals surface area contributed by atoms with Crippen molar-refractivity contribution in [2.45, 2.75) is 6.04 Å². The number of carbonyl (C=O) groups is 3. The molecule has 3 amide bonds. The van der Waals surface area contributed by atoms with E-state index in [1.807, 2.05) is 0 Å². The number of imide groups is 1. The number of aromatic amines is 1. The zero-order valence-electron chi connectivity index (χ0n) is 13.1. The molecule has 0 unspecified atom stereocenters. The summed E-state index contributed by atoms with van der Waals surface area (Å²) >= 11 is 0. The van der Waals surface area contributed by atoms with E-state index in [9.17, 15) is 18.8 Å². The number of amides is 3. The second kappa shape index (κ2) is 5.73. The van der Waals surface area contributed by atoms with Crippen molar-refractivity contribution in [2.75, 3.05) is 19.7 Å². The molecule has 2 saturated heterocycles. The van der Waals surface area contributed by atoms with Gasteiger partial charge in [-0.15, -0.1) is 0 Å². The number of cyclic esters (lactones) is 1. The summed E-state index contributed by atoms with van der Waals surface area (Å²) in [5, 5.41) is 0. The molecule has 2 fully saturated rings. The Kier molecular flexibility index (Phi) is 3.52. The van der Waals surface area contributed by atoms with Crippen LogP contribution in [0.1, 0.15) is 10.5 Å². The monoisotopic (exact) mass is 343 g/mol. The summed E-state index contributed by atoms with van der Waals surface area (Å²) in [5.41, 5.74) is 1.97. The lowest BCUT2D eigenvalue weighted by atomic mass is 10.1. The highest BCUT2D eigenvalue weighted by molar-refractivity contribution is 5.99. The van der Waals surface area contributed by atoms with Crippen molar-refractivity contribution in [3.8, 4) is 11.1 Å². The molecule has 1 N–H and O–H groups in total. The van der Waals surface area contributed by atoms with Gasteiger partial charge in [0.1, 0.15) is 11.5 Å². The van der Waals surface area contributed by atoms with Crippen LogP contribution in [0, 0.1) is 5.82 Å². The Labute approximate surface area is 142 Å². The standard InChI is InChI=1S/C17H14FN3O4/c18-12-3-1-10(2-4-12)11-5-14(19-6-11)16(23)20-7-13(8-20)21-15(22)9-25-17(21)24/h1-6,13,19H,7-9H2. The lowest BCUT2D eigenvalue weighted by Gasteiger charge is -2.41. The number of benzene rings is 1. The van der Waals surface area contributed by atoms with Crippen LogP contribution < -0.4 is 0 Å². The van der Waals surface area contributed by atoms with Gasteiger partial charge in [-0.2, -0.15) is 0 Å². The smallest absolute Gasteiger partial charge is 0.417 e. The van der Waals surface area contributed by atoms with Gasteiger partial charge in [0, 0.05) is 19.3 Å². The average molecular weight is 343 g/mol. The van der Waals surface area contributed by atoms with Gasteiger partial charge in [0.05, 0.1) is 6.04 Å². The molecule has 25 heavy (non-hydrogen) atoms. The maximum Gasteiger partial charge on any atom is 0.417 e. The zero-order valence-corrected chi connectivity index (χ0v) is 13.1. The lowest BCUT2D eigenvalue weighted by molar-refractivity contribution is -0.129. The fraction of sp³-hybridized carbons (Fsp3) is 0.235. The molecular formula is C17H14FN3O4. The first-order valence-electron chi connectivity index (χ1n) is 7.75. The summed E-state index contributed by atoms with van der Waals surface area (Å²) in [6.45, 7) is 0.329. The van der Waals surface area contributed by atoms with Gasteiger partial charge in [-0.05, 0) is 29.3 Å². The second-order valence-corrected chi connectivity index (χ2v) is 5.99. The summed E-state index contributed by atoms with van der Waals surface area (Å²) in [5.74, 6) is -0.914. The maximum absolute atomic E-state index is 13.0. The zero-order chi connectivity index (χ0) is 17.6. The van der Waals surface area contributed by atoms with Crippen molar-refractivity contribution in [1.82, 2.24) is 14.8 Å². The number of aromatic nitrogens is 1. The van der Waals surface area contributed by atoms with Crippen LogP contribution in [0.5, 0.6) is 0 Å². The molecule has 1 aromatic heterocycles. The topological polar surface area (TPSA) is 82.7 Å². The third-order valence-corrected chi connectivity index (χ3v) is 4.39. The van der Waals surface area contributed by atoms with E-state index in [1.54, 1.807) is 29.3 Å². The minimum absolute atomic E-state index is 0.218. The molecule has 2 aliphatic rings. The molecule has 8 heteroatoms. The third-order valence-electron chi connectivity index (χ3n) is 4.39. The number of nitrogens with one attached hydrogen (secondary N) is 1. The average Bonchev–Trinajstić information content (AvgIpc) is 3.16. The van der Waals surface area contributed by atoms with Crippen LogP contribution in [-0.2, 0) is 9.53 Å². The molecule has 0 spiro atoms. The Morgan fingerprint density at radius 2 is 1.88 bits per heavy atom. The van der Waals surface area contributed by atoms with E-state index in [2.05, 4.69) is 9.72 Å². The van der Waals surface area contributed by atoms with E-state index < -0.39 is 6.09 Å². The van der Waals surface area contributed by atoms with Gasteiger partial charge in [0.15, 0.2) is 6.61 Å². The molecule has 2 aliphatic heterocycles. The first-order valence-corrected chi connectivity index (χ1v) is 7.75. The van der Waals surface area contributed by atoms with E-state index in [-0.39, 0.29) is 43.4 Å². The highest BCUT2D eigenvalue weighted by atomic mass is 19.1. The van der Waals surface area contributed by atoms with E-state index in [4.69, 9.17) is 0 Å². The third kappa shape index (κ3) is 2.65. The Morgan fingerprint density at radius 1 is 1.16 bits per heavy atom. The van der Waals surface area contributed by atoms with Crippen molar-refractivity contribution >= 4 is 17.9 Å². The van der Waals surface area contributed by atoms with Gasteiger partial charge < -0.3 is 14.6 Å². The van der Waals surface area contributed by atoms with Crippen LogP contribution in [-0.4, -0.2) is 58.4 Å². The minimum atomic E-state index is -0.652. The van der Waals surface area contributed by atoms with Gasteiger partial charge >= 0.3 is 6.09 Å². The molecule has 7 nitrogen and oxygen atoms in total. The summed E-state index contributed by atoms with van der Waals surface area (Å²) in [6, 6.07) is 7.34. The SMILES string of the molecule is O=C(c1cc(-c2ccc(F)cc2)c[nH]1)N1CC(N2C(=O)COC2=O)C1. The first-order chi connectivity index (χ1) is 12.0. The van der Waals surface area contributed by atoms with Gasteiger partial charge in [-0.25, -0.2) is 14.1 Å². The largest absolute Gasteiger partial charge is 0.439 e. The predicted molar refractivity (Wildman–Crippen MR) is 84.1 cm³/mol. The molecule has 0 aliphatic carbocycles. The van der Waals surface area contributed by atoms with Crippen molar-refractivity contribution < 1.29 is 23.5 Å². The van der Waals surface area contributed by atoms with Crippen molar-refractivity contribution in [2.24, 2.45) is 0 Å². The summed E-state index contributed by atoms with van der Waals surface area (Å²) in [4.78, 5) is 41.1. The normalized spacial score (nSPS) is 17.6. The Bertz CT molecular complexity index is 839. The number of hydrogen-bond donors (Lipinski definition) is 1. The van der Waals surface area contributed by atoms with Crippen molar-refractivity contribution in [1.29, 1.82) is 0 Å². The predicted octanol–water partition coefficient (Wildman–Crippen LogP) is 1.62. The molecule has 4 rings (SSSR count). The molecule has 0 bridgehead atoms. The molecule has 2 aromatic rings. The summed E-state index contributed by atoms with van der Waals surface area (Å²) < 4.78 is 17.7. The Balaban J connectivity index is 1.42. The highest BCUT2D eigenvalue weighted by Crippen LogP contribution is 2.24. The quantitative estimate of drug-likeness (QED) is 0.918. The van der Waals surface area contributed by atoms with Crippen LogP contribution in [0.2, 0.25) is 0 Å². The fourth-order valence-corrected chi connectivity index (χ4v) is 3.00. The number of ether oxygens (including phenoxy) is 1. The number of rotatable bonds is 3. The van der Waals surface area contributed by atoms with Gasteiger partial charge in [0.2, 0.25) is 0 Å². The number of carbonyl (C=O) groups excluding carboxylic acids is 3. The first kappa shape index (κ1) is 15.4. The number of halogens is 1. The summed E-state index contributed by atoms with van der Waals surface area (Å²) in [6.07, 6.45) is 1.03. The van der Waals surface area contributed by atoms with E-state index in [0.29, 0.717) is 5.69 Å². The molecule has 0 radical (unpaired) electrons. The molecular weight excluding hydrogens is 329 g/mol. The van der Waals surface area contributed by atoms with Crippen molar-refractivity contribution in [3.63, 3.8) is 0 Å². The number of nitrogens with zero attached hydrogens (tertiary/aromatic N) is 2. The second-order valence-electron chi connectivity index (χ2n) is 5.99. The molecule has 128 valence electrons. The Hall–Kier alpha value is -3.16. The highest BCUT2D eigenvalue weighted by Gasteiger charge is 2.44. The molecule has 3 heterocycles. The van der Waals surface area contributed by atoms with Crippen LogP contribution in [0.4, 0.5) is 9.18 Å². The summed E-state index contributed by atoms with van der Waals surface area (Å²) in [7, 11) is 0. The number of likely N-dealkylation sites (tertiary alicyclic amines) is 1. The lowest BCUT2D eigenvalue weighted by Crippen LogP contribution is -2.62. The molecule has 0 saturated carbocycles.